The number of carboxylic acids is 3. The molecule has 2 aromatic carbocycles. The molecule has 0 unspecified atom stereocenters. The molecule has 0 aliphatic carbocycles. The molecule has 470 valence electrons. The number of nitrogens with one attached hydrogen (secondary N) is 10. The van der Waals surface area contributed by atoms with E-state index in [2.05, 4.69) is 53.2 Å². The van der Waals surface area contributed by atoms with E-state index in [-0.39, 0.29) is 43.6 Å². The number of carbonyl (C=O) groups excluding carboxylic acids is 10. The van der Waals surface area contributed by atoms with Gasteiger partial charge in [-0.2, -0.15) is 23.5 Å². The van der Waals surface area contributed by atoms with Gasteiger partial charge in [0.2, 0.25) is 59.1 Å². The van der Waals surface area contributed by atoms with E-state index in [0.29, 0.717) is 24.9 Å². The van der Waals surface area contributed by atoms with Crippen molar-refractivity contribution in [1.29, 1.82) is 0 Å². The summed E-state index contributed by atoms with van der Waals surface area (Å²) in [6.07, 6.45) is 1.70. The van der Waals surface area contributed by atoms with Crippen LogP contribution in [0, 0.1) is 0 Å². The average molecular weight is 1240 g/mol. The molecule has 0 aromatic heterocycles. The normalized spacial score (nSPS) is 14.4. The molecule has 0 bridgehead atoms. The van der Waals surface area contributed by atoms with Crippen LogP contribution in [-0.4, -0.2) is 213 Å². The molecule has 0 aliphatic heterocycles. The van der Waals surface area contributed by atoms with Crippen molar-refractivity contribution < 1.29 is 87.9 Å². The Morgan fingerprint density at radius 1 is 0.459 bits per heavy atom. The van der Waals surface area contributed by atoms with Gasteiger partial charge < -0.3 is 90.2 Å². The zero-order valence-electron chi connectivity index (χ0n) is 47.2. The Bertz CT molecular complexity index is 2580. The van der Waals surface area contributed by atoms with Gasteiger partial charge in [0, 0.05) is 6.42 Å². The van der Waals surface area contributed by atoms with Gasteiger partial charge in [0.25, 0.3) is 0 Å². The van der Waals surface area contributed by atoms with E-state index in [1.807, 2.05) is 0 Å². The van der Waals surface area contributed by atoms with Crippen LogP contribution in [0.5, 0.6) is 0 Å². The van der Waals surface area contributed by atoms with Gasteiger partial charge in [0.1, 0.15) is 54.4 Å². The molecular weight excluding hydrogens is 1160 g/mol. The second-order valence-electron chi connectivity index (χ2n) is 19.2. The number of aliphatic carboxylic acids is 3. The average Bonchev–Trinajstić information content (AvgIpc) is 3.64. The van der Waals surface area contributed by atoms with Crippen molar-refractivity contribution in [3.63, 3.8) is 0 Å². The lowest BCUT2D eigenvalue weighted by Gasteiger charge is -2.27. The van der Waals surface area contributed by atoms with Crippen molar-refractivity contribution in [3.8, 4) is 0 Å². The first-order valence-corrected chi connectivity index (χ1v) is 29.6. The minimum Gasteiger partial charge on any atom is -0.481 e. The van der Waals surface area contributed by atoms with Gasteiger partial charge in [-0.15, -0.1) is 0 Å². The quantitative estimate of drug-likeness (QED) is 0.0277. The molecule has 2 rings (SSSR count). The number of aliphatic hydroxyl groups is 2. The van der Waals surface area contributed by atoms with Crippen LogP contribution in [0.2, 0.25) is 0 Å². The summed E-state index contributed by atoms with van der Waals surface area (Å²) < 4.78 is 0. The SMILES string of the molecule is CSCC[C@H](NC(=O)CNC(=O)[C@H](CO)NC(=O)[C@@H](N)Cc1ccccc1)C(=O)N[C@@H](CC(=O)O)C(=O)N[C@@H](CO)C(=O)N[C@@H](Cc1ccccc1)C(=O)N[C@@H](CC(=O)O)C(=O)N[C@@H](CCSC)C(=O)N[C@@H](C)C(=O)N[C@@H](CCCCN)C(=O)O. The van der Waals surface area contributed by atoms with Crippen LogP contribution in [0.1, 0.15) is 63.0 Å². The number of carboxylic acid groups (broad SMARTS) is 3. The van der Waals surface area contributed by atoms with Gasteiger partial charge >= 0.3 is 17.9 Å². The minimum absolute atomic E-state index is 0.0552. The lowest BCUT2D eigenvalue weighted by molar-refractivity contribution is -0.142. The zero-order chi connectivity index (χ0) is 63.6. The number of rotatable bonds is 41. The Labute approximate surface area is 498 Å². The summed E-state index contributed by atoms with van der Waals surface area (Å²) in [4.78, 5) is 170. The minimum atomic E-state index is -1.98. The maximum Gasteiger partial charge on any atom is 0.326 e. The van der Waals surface area contributed by atoms with Gasteiger partial charge in [0.15, 0.2) is 0 Å². The Morgan fingerprint density at radius 3 is 1.34 bits per heavy atom. The van der Waals surface area contributed by atoms with Crippen LogP contribution in [0.3, 0.4) is 0 Å². The third kappa shape index (κ3) is 28.0. The molecule has 0 heterocycles. The Kier molecular flexibility index (Phi) is 34.1. The Morgan fingerprint density at radius 2 is 0.859 bits per heavy atom. The van der Waals surface area contributed by atoms with Crippen LogP contribution in [0.4, 0.5) is 0 Å². The summed E-state index contributed by atoms with van der Waals surface area (Å²) in [5.41, 5.74) is 12.6. The summed E-state index contributed by atoms with van der Waals surface area (Å²) >= 11 is 2.51. The topological polar surface area (TPSA) is 495 Å². The number of nitrogens with two attached hydrogens (primary N) is 2. The van der Waals surface area contributed by atoms with Crippen molar-refractivity contribution in [3.05, 3.63) is 71.8 Å². The largest absolute Gasteiger partial charge is 0.481 e. The molecule has 19 N–H and O–H groups in total. The molecule has 0 fully saturated rings. The molecule has 0 spiro atoms. The molecule has 30 nitrogen and oxygen atoms in total. The van der Waals surface area contributed by atoms with E-state index in [9.17, 15) is 87.9 Å². The molecule has 10 atom stereocenters. The molecule has 0 aliphatic rings. The van der Waals surface area contributed by atoms with Gasteiger partial charge in [-0.05, 0) is 87.1 Å². The van der Waals surface area contributed by atoms with E-state index in [1.165, 1.54) is 30.4 Å². The predicted octanol–water partition coefficient (Wildman–Crippen LogP) is -5.05. The van der Waals surface area contributed by atoms with Gasteiger partial charge in [-0.1, -0.05) is 60.7 Å². The molecule has 85 heavy (non-hydrogen) atoms. The smallest absolute Gasteiger partial charge is 0.326 e. The molecule has 2 aromatic rings. The summed E-state index contributed by atoms with van der Waals surface area (Å²) in [5, 5.41) is 72.4. The fourth-order valence-electron chi connectivity index (χ4n) is 7.79. The fraction of sp³-hybridized carbons (Fsp3) is 0.528. The van der Waals surface area contributed by atoms with E-state index >= 15 is 0 Å². The Hall–Kier alpha value is -7.91. The van der Waals surface area contributed by atoms with Crippen LogP contribution < -0.4 is 64.6 Å². The standard InChI is InChI=1S/C53H78N12O18S2/c1-29(44(73)60-35(53(82)83)16-10-11-19-54)57-47(76)34(18-21-85-3)59-50(79)37(24-42(69)70)63-49(78)36(23-31-14-8-5-9-15-31)61-52(81)40(28-67)65-51(80)38(25-43(71)72)62-48(77)33(17-20-84-2)58-41(68)26-56-46(75)39(27-66)64-45(74)32(55)22-30-12-6-4-7-13-30/h4-9,12-15,29,32-40,66-67H,10-11,16-28,54-55H2,1-3H3,(H,56,75)(H,57,76)(H,58,68)(H,59,79)(H,60,73)(H,61,81)(H,62,77)(H,63,78)(H,64,74)(H,65,80)(H,69,70)(H,71,72)(H,82,83)/t29-,32-,33-,34-,35-,36-,37-,38-,39-,40-/m0/s1. The monoisotopic (exact) mass is 1230 g/mol. The number of aliphatic hydroxyl groups excluding tert-OH is 2. The van der Waals surface area contributed by atoms with E-state index < -0.39 is 170 Å². The molecular formula is C53H78N12O18S2. The number of thioether (sulfide) groups is 2. The summed E-state index contributed by atoms with van der Waals surface area (Å²) in [7, 11) is 0. The highest BCUT2D eigenvalue weighted by Gasteiger charge is 2.36. The maximum absolute atomic E-state index is 14.1. The van der Waals surface area contributed by atoms with Gasteiger partial charge in [0.05, 0.1) is 38.6 Å². The molecule has 10 amide bonds. The maximum atomic E-state index is 14.1. The van der Waals surface area contributed by atoms with Gasteiger partial charge in [-0.3, -0.25) is 57.5 Å². The second kappa shape index (κ2) is 39.6. The number of benzene rings is 2. The number of amides is 10. The third-order valence-corrected chi connectivity index (χ3v) is 13.7. The highest BCUT2D eigenvalue weighted by Crippen LogP contribution is 2.10. The van der Waals surface area contributed by atoms with Crippen molar-refractivity contribution in [2.75, 3.05) is 50.3 Å². The highest BCUT2D eigenvalue weighted by molar-refractivity contribution is 7.98. The number of unbranched alkanes of at least 4 members (excludes halogenated alkanes) is 1. The zero-order valence-corrected chi connectivity index (χ0v) is 48.8. The van der Waals surface area contributed by atoms with Crippen molar-refractivity contribution in [2.24, 2.45) is 11.5 Å². The molecule has 0 saturated carbocycles. The Balaban J connectivity index is 2.28. The molecule has 32 heteroatoms. The predicted molar refractivity (Wildman–Crippen MR) is 310 cm³/mol. The lowest BCUT2D eigenvalue weighted by atomic mass is 10.0. The highest BCUT2D eigenvalue weighted by atomic mass is 32.2. The van der Waals surface area contributed by atoms with Crippen LogP contribution >= 0.6 is 23.5 Å². The second-order valence-corrected chi connectivity index (χ2v) is 21.2. The first-order valence-electron chi connectivity index (χ1n) is 26.8. The third-order valence-electron chi connectivity index (χ3n) is 12.4. The van der Waals surface area contributed by atoms with Crippen molar-refractivity contribution in [2.45, 2.75) is 125 Å². The number of hydrogen-bond acceptors (Lipinski definition) is 19. The molecule has 0 saturated heterocycles. The van der Waals surface area contributed by atoms with E-state index in [1.54, 1.807) is 73.2 Å². The van der Waals surface area contributed by atoms with Crippen LogP contribution in [0.15, 0.2) is 60.7 Å². The van der Waals surface area contributed by atoms with Crippen LogP contribution in [0.25, 0.3) is 0 Å². The number of carbonyl (C=O) groups is 13. The molecule has 0 radical (unpaired) electrons. The lowest BCUT2D eigenvalue weighted by Crippen LogP contribution is -2.61. The van der Waals surface area contributed by atoms with Crippen LogP contribution in [-0.2, 0) is 75.2 Å². The van der Waals surface area contributed by atoms with Crippen molar-refractivity contribution in [1.82, 2.24) is 53.2 Å². The first kappa shape index (κ1) is 73.2. The van der Waals surface area contributed by atoms with Crippen molar-refractivity contribution >= 4 is 101 Å². The summed E-state index contributed by atoms with van der Waals surface area (Å²) in [6.45, 7) is -1.29. The number of hydrogen-bond donors (Lipinski definition) is 17. The van der Waals surface area contributed by atoms with E-state index in [4.69, 9.17) is 11.5 Å². The van der Waals surface area contributed by atoms with E-state index in [0.717, 1.165) is 5.56 Å². The first-order chi connectivity index (χ1) is 40.4. The summed E-state index contributed by atoms with van der Waals surface area (Å²) in [5.74, 6) is -14.6. The summed E-state index contributed by atoms with van der Waals surface area (Å²) in [6, 6.07) is 0.866. The fourth-order valence-corrected chi connectivity index (χ4v) is 8.73. The van der Waals surface area contributed by atoms with Gasteiger partial charge in [-0.25, -0.2) is 4.79 Å².